The zero-order chi connectivity index (χ0) is 12.5. The summed E-state index contributed by atoms with van der Waals surface area (Å²) in [6.45, 7) is 0. The van der Waals surface area contributed by atoms with Crippen molar-refractivity contribution in [3.63, 3.8) is 0 Å². The molecule has 0 saturated carbocycles. The highest BCUT2D eigenvalue weighted by Gasteiger charge is 2.08. The summed E-state index contributed by atoms with van der Waals surface area (Å²) in [7, 11) is 0. The van der Waals surface area contributed by atoms with E-state index in [1.807, 2.05) is 36.4 Å². The maximum Gasteiger partial charge on any atom is 0.293 e. The summed E-state index contributed by atoms with van der Waals surface area (Å²) >= 11 is 0. The first kappa shape index (κ1) is 10.4. The monoisotopic (exact) mass is 235 g/mol. The molecule has 3 rings (SSSR count). The van der Waals surface area contributed by atoms with Gasteiger partial charge in [-0.3, -0.25) is 4.79 Å². The Balaban J connectivity index is 2.35. The summed E-state index contributed by atoms with van der Waals surface area (Å²) in [6.07, 6.45) is 0. The summed E-state index contributed by atoms with van der Waals surface area (Å²) in [4.78, 5) is 10.7. The normalized spacial score (nSPS) is 10.2. The van der Waals surface area contributed by atoms with Gasteiger partial charge in [-0.2, -0.15) is 0 Å². The van der Waals surface area contributed by atoms with Crippen molar-refractivity contribution in [3.05, 3.63) is 48.0 Å². The molecule has 0 unspecified atom stereocenters. The van der Waals surface area contributed by atoms with Gasteiger partial charge in [-0.1, -0.05) is 36.3 Å². The van der Waals surface area contributed by atoms with Crippen molar-refractivity contribution in [2.75, 3.05) is 0 Å². The summed E-state index contributed by atoms with van der Waals surface area (Å²) in [5.74, 6) is 4.41. The largest absolute Gasteiger partial charge is 0.455 e. The number of nitrogens with two attached hydrogens (primary N) is 1. The van der Waals surface area contributed by atoms with Crippen LogP contribution in [-0.4, -0.2) is 5.91 Å². The molecule has 1 aromatic heterocycles. The Morgan fingerprint density at radius 3 is 2.67 bits per heavy atom. The number of carbonyl (C=O) groups excluding carboxylic acids is 1. The van der Waals surface area contributed by atoms with Gasteiger partial charge in [0.2, 0.25) is 0 Å². The van der Waals surface area contributed by atoms with E-state index in [0.717, 1.165) is 16.4 Å². The van der Waals surface area contributed by atoms with Crippen molar-refractivity contribution >= 4 is 27.8 Å². The van der Waals surface area contributed by atoms with Crippen LogP contribution in [0.15, 0.2) is 46.9 Å². The first-order chi connectivity index (χ1) is 8.75. The van der Waals surface area contributed by atoms with Crippen LogP contribution >= 0.6 is 0 Å². The first-order valence-electron chi connectivity index (χ1n) is 5.47. The fourth-order valence-corrected chi connectivity index (χ4v) is 1.97. The molecule has 2 aromatic carbocycles. The minimum Gasteiger partial charge on any atom is -0.455 e. The highest BCUT2D eigenvalue weighted by atomic mass is 16.3. The van der Waals surface area contributed by atoms with Gasteiger partial charge < -0.3 is 10.2 Å². The van der Waals surface area contributed by atoms with E-state index in [2.05, 4.69) is 11.8 Å². The van der Waals surface area contributed by atoms with Crippen molar-refractivity contribution in [1.29, 1.82) is 0 Å². The van der Waals surface area contributed by atoms with Gasteiger partial charge in [0.25, 0.3) is 5.91 Å². The van der Waals surface area contributed by atoms with Gasteiger partial charge in [0, 0.05) is 16.7 Å². The van der Waals surface area contributed by atoms with E-state index in [9.17, 15) is 4.79 Å². The van der Waals surface area contributed by atoms with Crippen LogP contribution in [-0.2, 0) is 4.79 Å². The van der Waals surface area contributed by atoms with Gasteiger partial charge >= 0.3 is 0 Å². The summed E-state index contributed by atoms with van der Waals surface area (Å²) in [6, 6.07) is 13.4. The number of hydrogen-bond donors (Lipinski definition) is 1. The third kappa shape index (κ3) is 1.61. The number of rotatable bonds is 0. The number of amides is 1. The van der Waals surface area contributed by atoms with Gasteiger partial charge in [0.1, 0.15) is 5.58 Å². The maximum atomic E-state index is 10.7. The fraction of sp³-hybridized carbons (Fsp3) is 0. The van der Waals surface area contributed by atoms with Crippen molar-refractivity contribution in [1.82, 2.24) is 0 Å². The lowest BCUT2D eigenvalue weighted by molar-refractivity contribution is -0.112. The second kappa shape index (κ2) is 3.94. The van der Waals surface area contributed by atoms with Crippen LogP contribution in [0.3, 0.4) is 0 Å². The number of primary amides is 1. The molecule has 1 amide bonds. The zero-order valence-electron chi connectivity index (χ0n) is 9.44. The lowest BCUT2D eigenvalue weighted by Crippen LogP contribution is -2.06. The van der Waals surface area contributed by atoms with Crippen LogP contribution < -0.4 is 5.73 Å². The van der Waals surface area contributed by atoms with E-state index in [1.165, 1.54) is 0 Å². The quantitative estimate of drug-likeness (QED) is 0.608. The Kier molecular flexibility index (Phi) is 2.28. The molecule has 0 fully saturated rings. The van der Waals surface area contributed by atoms with Crippen LogP contribution in [0, 0.1) is 11.8 Å². The van der Waals surface area contributed by atoms with Crippen LogP contribution in [0.25, 0.3) is 21.9 Å². The molecule has 0 aliphatic carbocycles. The second-order valence-corrected chi connectivity index (χ2v) is 3.89. The van der Waals surface area contributed by atoms with E-state index in [-0.39, 0.29) is 0 Å². The molecular weight excluding hydrogens is 226 g/mol. The molecule has 3 nitrogen and oxygen atoms in total. The molecule has 1 heterocycles. The number of hydrogen-bond acceptors (Lipinski definition) is 2. The van der Waals surface area contributed by atoms with E-state index >= 15 is 0 Å². The SMILES string of the molecule is NC(=O)C#Cc1cccc2c1oc1ccccc12. The molecule has 3 aromatic rings. The van der Waals surface area contributed by atoms with Gasteiger partial charge in [0.15, 0.2) is 5.58 Å². The third-order valence-electron chi connectivity index (χ3n) is 2.72. The molecule has 18 heavy (non-hydrogen) atoms. The minimum absolute atomic E-state index is 0.650. The number of furan rings is 1. The third-order valence-corrected chi connectivity index (χ3v) is 2.72. The second-order valence-electron chi connectivity index (χ2n) is 3.89. The summed E-state index contributed by atoms with van der Waals surface area (Å²) in [5, 5.41) is 2.03. The highest BCUT2D eigenvalue weighted by molar-refractivity contribution is 6.06. The predicted octanol–water partition coefficient (Wildman–Crippen LogP) is 2.42. The minimum atomic E-state index is -0.650. The lowest BCUT2D eigenvalue weighted by atomic mass is 10.1. The van der Waals surface area contributed by atoms with Gasteiger partial charge in [0.05, 0.1) is 5.56 Å². The highest BCUT2D eigenvalue weighted by Crippen LogP contribution is 2.30. The Morgan fingerprint density at radius 1 is 1.06 bits per heavy atom. The van der Waals surface area contributed by atoms with Gasteiger partial charge in [-0.25, -0.2) is 0 Å². The van der Waals surface area contributed by atoms with Gasteiger partial charge in [-0.15, -0.1) is 0 Å². The lowest BCUT2D eigenvalue weighted by Gasteiger charge is -1.91. The summed E-state index contributed by atoms with van der Waals surface area (Å²) in [5.41, 5.74) is 7.18. The van der Waals surface area contributed by atoms with Crippen molar-refractivity contribution < 1.29 is 9.21 Å². The molecule has 86 valence electrons. The standard InChI is InChI=1S/C15H9NO2/c16-14(17)9-8-10-4-3-6-12-11-5-1-2-7-13(11)18-15(10)12/h1-7H,(H2,16,17). The molecule has 0 aliphatic heterocycles. The van der Waals surface area contributed by atoms with Crippen molar-refractivity contribution in [3.8, 4) is 11.8 Å². The van der Waals surface area contributed by atoms with Gasteiger partial charge in [-0.05, 0) is 12.1 Å². The maximum absolute atomic E-state index is 10.7. The molecule has 0 spiro atoms. The fourth-order valence-electron chi connectivity index (χ4n) is 1.97. The van der Waals surface area contributed by atoms with Crippen molar-refractivity contribution in [2.45, 2.75) is 0 Å². The molecule has 0 atom stereocenters. The average molecular weight is 235 g/mol. The van der Waals surface area contributed by atoms with Crippen LogP contribution in [0.5, 0.6) is 0 Å². The molecule has 0 radical (unpaired) electrons. The first-order valence-corrected chi connectivity index (χ1v) is 5.47. The Morgan fingerprint density at radius 2 is 1.83 bits per heavy atom. The van der Waals surface area contributed by atoms with Crippen molar-refractivity contribution in [2.24, 2.45) is 5.73 Å². The smallest absolute Gasteiger partial charge is 0.293 e. The number of fused-ring (bicyclic) bond motifs is 3. The molecule has 0 bridgehead atoms. The number of carbonyl (C=O) groups is 1. The zero-order valence-corrected chi connectivity index (χ0v) is 9.44. The van der Waals surface area contributed by atoms with E-state index in [1.54, 1.807) is 6.07 Å². The van der Waals surface area contributed by atoms with E-state index in [4.69, 9.17) is 10.2 Å². The van der Waals surface area contributed by atoms with E-state index in [0.29, 0.717) is 11.1 Å². The summed E-state index contributed by atoms with van der Waals surface area (Å²) < 4.78 is 5.76. The Bertz CT molecular complexity index is 818. The topological polar surface area (TPSA) is 56.2 Å². The van der Waals surface area contributed by atoms with Crippen LogP contribution in [0.1, 0.15) is 5.56 Å². The molecular formula is C15H9NO2. The molecule has 2 N–H and O–H groups in total. The molecule has 3 heteroatoms. The number of benzene rings is 2. The molecule has 0 aliphatic rings. The number of para-hydroxylation sites is 2. The molecule has 0 saturated heterocycles. The Hall–Kier alpha value is -2.73. The predicted molar refractivity (Wildman–Crippen MR) is 69.8 cm³/mol. The van der Waals surface area contributed by atoms with E-state index < -0.39 is 5.91 Å². The van der Waals surface area contributed by atoms with Crippen LogP contribution in [0.4, 0.5) is 0 Å². The Labute approximate surface area is 103 Å². The average Bonchev–Trinajstić information content (AvgIpc) is 2.75. The van der Waals surface area contributed by atoms with Crippen LogP contribution in [0.2, 0.25) is 0 Å².